The smallest absolute Gasteiger partial charge is 0.260 e. The molecule has 0 aliphatic carbocycles. The lowest BCUT2D eigenvalue weighted by Crippen LogP contribution is -2.40. The van der Waals surface area contributed by atoms with E-state index < -0.39 is 9.84 Å². The number of pyridine rings is 1. The molecule has 1 aliphatic rings. The SMILES string of the molecule is Cc1ccc2c(Cl)cc(Cl)c(OCC(=O)N(C)[C@@H]3CCS(=O)(=O)C3)c2n1. The van der Waals surface area contributed by atoms with Gasteiger partial charge in [-0.25, -0.2) is 13.4 Å². The fourth-order valence-corrected chi connectivity index (χ4v) is 5.29. The standard InChI is InChI=1S/C17H18Cl2N2O4S/c1-10-3-4-12-13(18)7-14(19)17(16(12)20-10)25-8-15(22)21(2)11-5-6-26(23,24)9-11/h3-4,7,11H,5-6,8-9H2,1-2H3/t11-/m1/s1. The molecule has 2 aromatic rings. The quantitative estimate of drug-likeness (QED) is 0.765. The molecule has 1 saturated heterocycles. The van der Waals surface area contributed by atoms with Crippen molar-refractivity contribution in [1.82, 2.24) is 9.88 Å². The van der Waals surface area contributed by atoms with Crippen molar-refractivity contribution in [3.8, 4) is 5.75 Å². The van der Waals surface area contributed by atoms with Gasteiger partial charge in [-0.1, -0.05) is 23.2 Å². The highest BCUT2D eigenvalue weighted by Gasteiger charge is 2.32. The van der Waals surface area contributed by atoms with Crippen molar-refractivity contribution in [2.75, 3.05) is 25.2 Å². The first kappa shape index (κ1) is 19.2. The molecule has 1 amide bonds. The number of benzene rings is 1. The third-order valence-electron chi connectivity index (χ3n) is 4.47. The molecule has 1 aromatic carbocycles. The van der Waals surface area contributed by atoms with Crippen LogP contribution in [0.25, 0.3) is 10.9 Å². The average molecular weight is 417 g/mol. The van der Waals surface area contributed by atoms with Crippen LogP contribution >= 0.6 is 23.2 Å². The molecule has 0 N–H and O–H groups in total. The van der Waals surface area contributed by atoms with E-state index in [1.54, 1.807) is 13.1 Å². The topological polar surface area (TPSA) is 76.6 Å². The van der Waals surface area contributed by atoms with Crippen LogP contribution in [-0.2, 0) is 14.6 Å². The number of likely N-dealkylation sites (N-methyl/N-ethyl adjacent to an activating group) is 1. The largest absolute Gasteiger partial charge is 0.480 e. The molecule has 0 unspecified atom stereocenters. The van der Waals surface area contributed by atoms with Crippen LogP contribution in [-0.4, -0.2) is 55.4 Å². The summed E-state index contributed by atoms with van der Waals surface area (Å²) < 4.78 is 28.9. The lowest BCUT2D eigenvalue weighted by atomic mass is 10.2. The Morgan fingerprint density at radius 1 is 1.35 bits per heavy atom. The molecule has 26 heavy (non-hydrogen) atoms. The highest BCUT2D eigenvalue weighted by Crippen LogP contribution is 2.37. The number of carbonyl (C=O) groups is 1. The highest BCUT2D eigenvalue weighted by molar-refractivity contribution is 7.91. The summed E-state index contributed by atoms with van der Waals surface area (Å²) >= 11 is 12.4. The highest BCUT2D eigenvalue weighted by atomic mass is 35.5. The summed E-state index contributed by atoms with van der Waals surface area (Å²) in [6.45, 7) is 1.57. The van der Waals surface area contributed by atoms with Crippen LogP contribution in [0.15, 0.2) is 18.2 Å². The van der Waals surface area contributed by atoms with Crippen molar-refractivity contribution in [2.24, 2.45) is 0 Å². The minimum absolute atomic E-state index is 0.0133. The van der Waals surface area contributed by atoms with Crippen LogP contribution in [0.5, 0.6) is 5.75 Å². The van der Waals surface area contributed by atoms with Crippen LogP contribution in [0.1, 0.15) is 12.1 Å². The number of ether oxygens (including phenoxy) is 1. The van der Waals surface area contributed by atoms with Gasteiger partial charge in [0.15, 0.2) is 22.2 Å². The van der Waals surface area contributed by atoms with Gasteiger partial charge in [0.2, 0.25) is 0 Å². The van der Waals surface area contributed by atoms with Crippen LogP contribution in [0.2, 0.25) is 10.0 Å². The van der Waals surface area contributed by atoms with Gasteiger partial charge in [-0.3, -0.25) is 4.79 Å². The Morgan fingerprint density at radius 2 is 2.08 bits per heavy atom. The molecular weight excluding hydrogens is 399 g/mol. The van der Waals surface area contributed by atoms with E-state index in [1.165, 1.54) is 4.90 Å². The zero-order valence-corrected chi connectivity index (χ0v) is 16.7. The number of amides is 1. The minimum Gasteiger partial charge on any atom is -0.480 e. The van der Waals surface area contributed by atoms with Crippen molar-refractivity contribution in [3.05, 3.63) is 33.9 Å². The van der Waals surface area contributed by atoms with Gasteiger partial charge < -0.3 is 9.64 Å². The van der Waals surface area contributed by atoms with Crippen LogP contribution in [0.4, 0.5) is 0 Å². The molecule has 1 aromatic heterocycles. The van der Waals surface area contributed by atoms with Gasteiger partial charge in [-0.15, -0.1) is 0 Å². The van der Waals surface area contributed by atoms with Gasteiger partial charge in [-0.2, -0.15) is 0 Å². The third kappa shape index (κ3) is 3.89. The Morgan fingerprint density at radius 3 is 2.73 bits per heavy atom. The van der Waals surface area contributed by atoms with Gasteiger partial charge in [0, 0.05) is 24.2 Å². The van der Waals surface area contributed by atoms with Crippen molar-refractivity contribution < 1.29 is 17.9 Å². The van der Waals surface area contributed by atoms with Crippen LogP contribution < -0.4 is 4.74 Å². The molecule has 1 fully saturated rings. The number of aromatic nitrogens is 1. The third-order valence-corrected chi connectivity index (χ3v) is 6.81. The molecule has 0 spiro atoms. The number of aryl methyl sites for hydroxylation is 1. The number of hydrogen-bond acceptors (Lipinski definition) is 5. The maximum absolute atomic E-state index is 12.4. The zero-order chi connectivity index (χ0) is 19.1. The van der Waals surface area contributed by atoms with Crippen molar-refractivity contribution in [3.63, 3.8) is 0 Å². The predicted molar refractivity (Wildman–Crippen MR) is 102 cm³/mol. The minimum atomic E-state index is -3.07. The first-order chi connectivity index (χ1) is 12.2. The number of sulfone groups is 1. The summed E-state index contributed by atoms with van der Waals surface area (Å²) in [4.78, 5) is 18.3. The van der Waals surface area contributed by atoms with E-state index in [2.05, 4.69) is 4.98 Å². The first-order valence-electron chi connectivity index (χ1n) is 8.02. The Kier molecular flexibility index (Phi) is 5.33. The second-order valence-electron chi connectivity index (χ2n) is 6.37. The maximum atomic E-state index is 12.4. The molecule has 1 atom stereocenters. The van der Waals surface area contributed by atoms with Gasteiger partial charge >= 0.3 is 0 Å². The van der Waals surface area contributed by atoms with Gasteiger partial charge in [0.25, 0.3) is 5.91 Å². The fraction of sp³-hybridized carbons (Fsp3) is 0.412. The summed E-state index contributed by atoms with van der Waals surface area (Å²) in [7, 11) is -1.48. The lowest BCUT2D eigenvalue weighted by Gasteiger charge is -2.23. The summed E-state index contributed by atoms with van der Waals surface area (Å²) in [6, 6.07) is 4.87. The van der Waals surface area contributed by atoms with E-state index in [0.29, 0.717) is 22.3 Å². The Balaban J connectivity index is 1.79. The zero-order valence-electron chi connectivity index (χ0n) is 14.3. The van der Waals surface area contributed by atoms with Crippen molar-refractivity contribution in [1.29, 1.82) is 0 Å². The van der Waals surface area contributed by atoms with Gasteiger partial charge in [-0.05, 0) is 31.5 Å². The van der Waals surface area contributed by atoms with Crippen LogP contribution in [0.3, 0.4) is 0 Å². The molecule has 3 rings (SSSR count). The number of rotatable bonds is 4. The van der Waals surface area contributed by atoms with E-state index in [-0.39, 0.29) is 40.8 Å². The van der Waals surface area contributed by atoms with E-state index in [1.807, 2.05) is 19.1 Å². The van der Waals surface area contributed by atoms with E-state index in [0.717, 1.165) is 5.69 Å². The molecule has 1 aliphatic heterocycles. The normalized spacial score (nSPS) is 18.8. The maximum Gasteiger partial charge on any atom is 0.260 e. The second kappa shape index (κ2) is 7.21. The number of nitrogens with zero attached hydrogens (tertiary/aromatic N) is 2. The molecular formula is C17H18Cl2N2O4S. The number of hydrogen-bond donors (Lipinski definition) is 0. The Labute approximate surface area is 162 Å². The molecule has 6 nitrogen and oxygen atoms in total. The van der Waals surface area contributed by atoms with E-state index in [9.17, 15) is 13.2 Å². The Hall–Kier alpha value is -1.57. The van der Waals surface area contributed by atoms with Gasteiger partial charge in [0.05, 0.1) is 21.6 Å². The average Bonchev–Trinajstić information content (AvgIpc) is 2.93. The number of fused-ring (bicyclic) bond motifs is 1. The summed E-state index contributed by atoms with van der Waals surface area (Å²) in [5.74, 6) is 0.0580. The summed E-state index contributed by atoms with van der Waals surface area (Å²) in [5, 5.41) is 1.39. The summed E-state index contributed by atoms with van der Waals surface area (Å²) in [5.41, 5.74) is 1.25. The monoisotopic (exact) mass is 416 g/mol. The van der Waals surface area contributed by atoms with E-state index in [4.69, 9.17) is 27.9 Å². The molecule has 140 valence electrons. The van der Waals surface area contributed by atoms with Crippen molar-refractivity contribution in [2.45, 2.75) is 19.4 Å². The molecule has 0 saturated carbocycles. The lowest BCUT2D eigenvalue weighted by molar-refractivity contribution is -0.133. The fourth-order valence-electron chi connectivity index (χ4n) is 2.95. The number of carbonyl (C=O) groups excluding carboxylic acids is 1. The predicted octanol–water partition coefficient (Wildman–Crippen LogP) is 2.87. The summed E-state index contributed by atoms with van der Waals surface area (Å²) in [6.07, 6.45) is 0.440. The van der Waals surface area contributed by atoms with E-state index >= 15 is 0 Å². The second-order valence-corrected chi connectivity index (χ2v) is 9.41. The van der Waals surface area contributed by atoms with Crippen molar-refractivity contribution >= 4 is 49.8 Å². The Bertz CT molecular complexity index is 978. The van der Waals surface area contributed by atoms with Crippen LogP contribution in [0, 0.1) is 6.92 Å². The molecule has 0 bridgehead atoms. The molecule has 9 heteroatoms. The van der Waals surface area contributed by atoms with Gasteiger partial charge in [0.1, 0.15) is 5.52 Å². The number of halogens is 2. The first-order valence-corrected chi connectivity index (χ1v) is 10.6. The molecule has 2 heterocycles. The molecule has 0 radical (unpaired) electrons.